The summed E-state index contributed by atoms with van der Waals surface area (Å²) in [5.74, 6) is 0. The predicted octanol–water partition coefficient (Wildman–Crippen LogP) is 1.24. The maximum absolute atomic E-state index is 10.9. The van der Waals surface area contributed by atoms with E-state index in [4.69, 9.17) is 16.3 Å². The Kier molecular flexibility index (Phi) is 3.55. The summed E-state index contributed by atoms with van der Waals surface area (Å²) < 4.78 is 6.86. The second-order valence-corrected chi connectivity index (χ2v) is 5.95. The Bertz CT molecular complexity index is 461. The first-order valence-corrected chi connectivity index (χ1v) is 7.19. The van der Waals surface area contributed by atoms with Gasteiger partial charge in [-0.15, -0.1) is 0 Å². The van der Waals surface area contributed by atoms with Crippen LogP contribution in [0.15, 0.2) is 6.20 Å². The molecule has 1 atom stereocenters. The van der Waals surface area contributed by atoms with Gasteiger partial charge in [0.2, 0.25) is 0 Å². The van der Waals surface area contributed by atoms with Crippen molar-refractivity contribution in [1.82, 2.24) is 14.7 Å². The number of rotatable bonds is 5. The number of hydrogen-bond acceptors (Lipinski definition) is 4. The van der Waals surface area contributed by atoms with Gasteiger partial charge >= 0.3 is 0 Å². The van der Waals surface area contributed by atoms with E-state index in [1.54, 1.807) is 18.0 Å². The standard InChI is InChI=1S/C13H20ClN3O2/c1-19-7-6-17-12(11(14)8-15-17)13(18)4-5-16(9-13)10-2-3-10/h8,10,18H,2-7,9H2,1H3. The van der Waals surface area contributed by atoms with Crippen molar-refractivity contribution in [3.8, 4) is 0 Å². The first-order chi connectivity index (χ1) is 9.14. The van der Waals surface area contributed by atoms with Gasteiger partial charge in [0.1, 0.15) is 5.60 Å². The van der Waals surface area contributed by atoms with Crippen LogP contribution < -0.4 is 0 Å². The zero-order valence-electron chi connectivity index (χ0n) is 11.2. The van der Waals surface area contributed by atoms with Crippen molar-refractivity contribution < 1.29 is 9.84 Å². The molecule has 2 fully saturated rings. The molecule has 0 aromatic carbocycles. The Hall–Kier alpha value is -0.620. The molecule has 0 amide bonds. The second kappa shape index (κ2) is 5.05. The van der Waals surface area contributed by atoms with Crippen LogP contribution in [0.3, 0.4) is 0 Å². The third-order valence-electron chi connectivity index (χ3n) is 4.08. The Morgan fingerprint density at radius 3 is 3.05 bits per heavy atom. The molecule has 1 aromatic heterocycles. The monoisotopic (exact) mass is 285 g/mol. The van der Waals surface area contributed by atoms with Crippen LogP contribution in [0.5, 0.6) is 0 Å². The molecule has 1 aliphatic heterocycles. The number of β-amino-alcohol motifs (C(OH)–C–C–N with tert-alkyl or cyclic N) is 1. The molecule has 5 nitrogen and oxygen atoms in total. The minimum absolute atomic E-state index is 0.552. The number of aromatic nitrogens is 2. The van der Waals surface area contributed by atoms with E-state index in [0.717, 1.165) is 18.7 Å². The van der Waals surface area contributed by atoms with Gasteiger partial charge in [-0.05, 0) is 19.3 Å². The smallest absolute Gasteiger partial charge is 0.121 e. The van der Waals surface area contributed by atoms with E-state index in [-0.39, 0.29) is 0 Å². The van der Waals surface area contributed by atoms with E-state index in [0.29, 0.717) is 30.8 Å². The van der Waals surface area contributed by atoms with Crippen molar-refractivity contribution >= 4 is 11.6 Å². The zero-order valence-corrected chi connectivity index (χ0v) is 11.9. The van der Waals surface area contributed by atoms with E-state index < -0.39 is 5.60 Å². The number of aliphatic hydroxyl groups is 1. The highest BCUT2D eigenvalue weighted by Crippen LogP contribution is 2.40. The van der Waals surface area contributed by atoms with E-state index in [1.165, 1.54) is 12.8 Å². The van der Waals surface area contributed by atoms with Crippen molar-refractivity contribution in [3.63, 3.8) is 0 Å². The summed E-state index contributed by atoms with van der Waals surface area (Å²) in [5, 5.41) is 15.7. The number of nitrogens with zero attached hydrogens (tertiary/aromatic N) is 3. The molecule has 2 aliphatic rings. The molecule has 1 aliphatic carbocycles. The molecule has 6 heteroatoms. The summed E-state index contributed by atoms with van der Waals surface area (Å²) in [4.78, 5) is 2.37. The molecule has 1 saturated carbocycles. The molecular weight excluding hydrogens is 266 g/mol. The molecule has 3 rings (SSSR count). The number of likely N-dealkylation sites (tertiary alicyclic amines) is 1. The molecule has 19 heavy (non-hydrogen) atoms. The molecule has 1 aromatic rings. The quantitative estimate of drug-likeness (QED) is 0.884. The third kappa shape index (κ3) is 2.52. The highest BCUT2D eigenvalue weighted by Gasteiger charge is 2.45. The highest BCUT2D eigenvalue weighted by molar-refractivity contribution is 6.31. The van der Waals surface area contributed by atoms with Gasteiger partial charge in [-0.3, -0.25) is 9.58 Å². The first kappa shape index (κ1) is 13.4. The molecular formula is C13H20ClN3O2. The lowest BCUT2D eigenvalue weighted by Gasteiger charge is -2.25. The van der Waals surface area contributed by atoms with E-state index >= 15 is 0 Å². The topological polar surface area (TPSA) is 50.5 Å². The van der Waals surface area contributed by atoms with Crippen molar-refractivity contribution in [2.45, 2.75) is 37.5 Å². The van der Waals surface area contributed by atoms with Crippen LogP contribution in [0.2, 0.25) is 5.02 Å². The number of methoxy groups -OCH3 is 1. The summed E-state index contributed by atoms with van der Waals surface area (Å²) in [6.07, 6.45) is 4.85. The van der Waals surface area contributed by atoms with Gasteiger partial charge in [0.05, 0.1) is 30.1 Å². The maximum atomic E-state index is 10.9. The minimum atomic E-state index is -0.871. The van der Waals surface area contributed by atoms with Crippen molar-refractivity contribution in [2.75, 3.05) is 26.8 Å². The van der Waals surface area contributed by atoms with Gasteiger partial charge in [-0.1, -0.05) is 11.6 Å². The average Bonchev–Trinajstić information content (AvgIpc) is 3.06. The van der Waals surface area contributed by atoms with Crippen LogP contribution in [0.4, 0.5) is 0 Å². The highest BCUT2D eigenvalue weighted by atomic mass is 35.5. The molecule has 0 radical (unpaired) electrons. The largest absolute Gasteiger partial charge is 0.383 e. The lowest BCUT2D eigenvalue weighted by Crippen LogP contribution is -2.34. The fraction of sp³-hybridized carbons (Fsp3) is 0.769. The molecule has 0 spiro atoms. The Morgan fingerprint density at radius 2 is 2.37 bits per heavy atom. The molecule has 1 saturated heterocycles. The fourth-order valence-corrected chi connectivity index (χ4v) is 3.26. The lowest BCUT2D eigenvalue weighted by atomic mass is 9.99. The fourth-order valence-electron chi connectivity index (χ4n) is 2.94. The van der Waals surface area contributed by atoms with Crippen molar-refractivity contribution in [1.29, 1.82) is 0 Å². The van der Waals surface area contributed by atoms with Gasteiger partial charge in [-0.2, -0.15) is 5.10 Å². The molecule has 0 bridgehead atoms. The van der Waals surface area contributed by atoms with E-state index in [9.17, 15) is 5.11 Å². The van der Waals surface area contributed by atoms with Crippen LogP contribution in [-0.2, 0) is 16.9 Å². The normalized spacial score (nSPS) is 28.2. The number of halogens is 1. The van der Waals surface area contributed by atoms with Crippen molar-refractivity contribution in [3.05, 3.63) is 16.9 Å². The van der Waals surface area contributed by atoms with Gasteiger partial charge in [0.15, 0.2) is 0 Å². The summed E-state index contributed by atoms with van der Waals surface area (Å²) >= 11 is 6.23. The Labute approximate surface area is 118 Å². The maximum Gasteiger partial charge on any atom is 0.121 e. The van der Waals surface area contributed by atoms with Gasteiger partial charge in [0.25, 0.3) is 0 Å². The molecule has 106 valence electrons. The molecule has 1 N–H and O–H groups in total. The third-order valence-corrected chi connectivity index (χ3v) is 4.36. The van der Waals surface area contributed by atoms with Crippen molar-refractivity contribution in [2.24, 2.45) is 0 Å². The zero-order chi connectivity index (χ0) is 13.5. The summed E-state index contributed by atoms with van der Waals surface area (Å²) in [6, 6.07) is 0.670. The van der Waals surface area contributed by atoms with Gasteiger partial charge in [0, 0.05) is 26.2 Å². The Morgan fingerprint density at radius 1 is 1.58 bits per heavy atom. The van der Waals surface area contributed by atoms with Gasteiger partial charge < -0.3 is 9.84 Å². The summed E-state index contributed by atoms with van der Waals surface area (Å²) in [7, 11) is 1.66. The van der Waals surface area contributed by atoms with Crippen LogP contribution in [0.1, 0.15) is 25.0 Å². The van der Waals surface area contributed by atoms with Gasteiger partial charge in [-0.25, -0.2) is 0 Å². The first-order valence-electron chi connectivity index (χ1n) is 6.81. The van der Waals surface area contributed by atoms with Crippen LogP contribution >= 0.6 is 11.6 Å². The number of ether oxygens (including phenoxy) is 1. The second-order valence-electron chi connectivity index (χ2n) is 5.54. The summed E-state index contributed by atoms with van der Waals surface area (Å²) in [5.41, 5.74) is -0.126. The van der Waals surface area contributed by atoms with E-state index in [1.807, 2.05) is 0 Å². The van der Waals surface area contributed by atoms with E-state index in [2.05, 4.69) is 10.00 Å². The SMILES string of the molecule is COCCn1ncc(Cl)c1C1(O)CCN(C2CC2)C1. The van der Waals surface area contributed by atoms with Crippen LogP contribution in [0.25, 0.3) is 0 Å². The summed E-state index contributed by atoms with van der Waals surface area (Å²) in [6.45, 7) is 2.78. The van der Waals surface area contributed by atoms with Crippen LogP contribution in [0, 0.1) is 0 Å². The lowest BCUT2D eigenvalue weighted by molar-refractivity contribution is 0.0347. The Balaban J connectivity index is 1.82. The number of hydrogen-bond donors (Lipinski definition) is 1. The van der Waals surface area contributed by atoms with Crippen LogP contribution in [-0.4, -0.2) is 52.6 Å². The molecule has 1 unspecified atom stereocenters. The molecule has 2 heterocycles. The minimum Gasteiger partial charge on any atom is -0.383 e. The average molecular weight is 286 g/mol. The predicted molar refractivity (Wildman–Crippen MR) is 72.2 cm³/mol.